The molecule has 0 bridgehead atoms. The van der Waals surface area contributed by atoms with Gasteiger partial charge in [-0.25, -0.2) is 0 Å². The van der Waals surface area contributed by atoms with Gasteiger partial charge in [-0.15, -0.1) is 0 Å². The maximum Gasteiger partial charge on any atom is 0.0638 e. The minimum atomic E-state index is 0.772. The molecule has 0 saturated heterocycles. The Labute approximate surface area is 99.0 Å². The molecule has 16 heavy (non-hydrogen) atoms. The fourth-order valence-electron chi connectivity index (χ4n) is 1.58. The number of benzene rings is 1. The van der Waals surface area contributed by atoms with Gasteiger partial charge in [0.2, 0.25) is 0 Å². The molecule has 0 aliphatic heterocycles. The summed E-state index contributed by atoms with van der Waals surface area (Å²) in [6.45, 7) is 6.68. The normalized spacial score (nSPS) is 10.4. The third-order valence-electron chi connectivity index (χ3n) is 2.55. The molecule has 2 heteroatoms. The summed E-state index contributed by atoms with van der Waals surface area (Å²) in [5.41, 5.74) is 2.61. The average molecular weight is 221 g/mol. The summed E-state index contributed by atoms with van der Waals surface area (Å²) in [4.78, 5) is 0. The highest BCUT2D eigenvalue weighted by molar-refractivity contribution is 5.44. The van der Waals surface area contributed by atoms with Gasteiger partial charge in [0.25, 0.3) is 0 Å². The fraction of sp³-hybridized carbons (Fsp3) is 0.571. The highest BCUT2D eigenvalue weighted by Crippen LogP contribution is 2.11. The fourth-order valence-corrected chi connectivity index (χ4v) is 1.58. The van der Waals surface area contributed by atoms with Crippen molar-refractivity contribution in [1.82, 2.24) is 0 Å². The largest absolute Gasteiger partial charge is 0.383 e. The standard InChI is InChI=1S/C14H23NO/c1-3-5-6-13-7-9-14(10-8-13)15-11-12-16-4-2/h7-10,15H,3-6,11-12H2,1-2H3. The van der Waals surface area contributed by atoms with Crippen molar-refractivity contribution in [3.05, 3.63) is 29.8 Å². The van der Waals surface area contributed by atoms with Crippen molar-refractivity contribution in [1.29, 1.82) is 0 Å². The number of nitrogens with one attached hydrogen (secondary N) is 1. The van der Waals surface area contributed by atoms with Crippen LogP contribution in [0.1, 0.15) is 32.3 Å². The molecule has 0 spiro atoms. The molecule has 1 aromatic rings. The van der Waals surface area contributed by atoms with Gasteiger partial charge >= 0.3 is 0 Å². The molecule has 0 amide bonds. The molecular formula is C14H23NO. The predicted octanol–water partition coefficient (Wildman–Crippen LogP) is 3.48. The Morgan fingerprint density at radius 2 is 1.88 bits per heavy atom. The highest BCUT2D eigenvalue weighted by Gasteiger charge is 1.94. The van der Waals surface area contributed by atoms with E-state index in [4.69, 9.17) is 4.74 Å². The summed E-state index contributed by atoms with van der Waals surface area (Å²) in [6.07, 6.45) is 3.72. The van der Waals surface area contributed by atoms with Crippen LogP contribution in [0.15, 0.2) is 24.3 Å². The van der Waals surface area contributed by atoms with E-state index < -0.39 is 0 Å². The van der Waals surface area contributed by atoms with Gasteiger partial charge in [0.05, 0.1) is 6.61 Å². The van der Waals surface area contributed by atoms with Crippen molar-refractivity contribution in [2.75, 3.05) is 25.1 Å². The van der Waals surface area contributed by atoms with Crippen molar-refractivity contribution in [2.45, 2.75) is 33.1 Å². The molecule has 0 aliphatic rings. The first-order valence-corrected chi connectivity index (χ1v) is 6.27. The lowest BCUT2D eigenvalue weighted by atomic mass is 10.1. The first kappa shape index (κ1) is 13.0. The summed E-state index contributed by atoms with van der Waals surface area (Å²) in [5.74, 6) is 0. The minimum Gasteiger partial charge on any atom is -0.383 e. The van der Waals surface area contributed by atoms with Gasteiger partial charge in [-0.05, 0) is 37.5 Å². The topological polar surface area (TPSA) is 21.3 Å². The van der Waals surface area contributed by atoms with E-state index in [-0.39, 0.29) is 0 Å². The van der Waals surface area contributed by atoms with Crippen LogP contribution in [0.4, 0.5) is 5.69 Å². The second-order valence-corrected chi connectivity index (χ2v) is 3.92. The Morgan fingerprint density at radius 1 is 1.12 bits per heavy atom. The van der Waals surface area contributed by atoms with Gasteiger partial charge in [0.15, 0.2) is 0 Å². The number of unbranched alkanes of at least 4 members (excludes halogenated alkanes) is 1. The van der Waals surface area contributed by atoms with Crippen LogP contribution in [0.25, 0.3) is 0 Å². The molecule has 1 N–H and O–H groups in total. The van der Waals surface area contributed by atoms with Crippen molar-refractivity contribution in [2.24, 2.45) is 0 Å². The molecule has 0 aromatic heterocycles. The Hall–Kier alpha value is -1.02. The van der Waals surface area contributed by atoms with Crippen LogP contribution in [0.3, 0.4) is 0 Å². The molecule has 0 saturated carbocycles. The van der Waals surface area contributed by atoms with Crippen molar-refractivity contribution in [3.63, 3.8) is 0 Å². The summed E-state index contributed by atoms with van der Waals surface area (Å²) < 4.78 is 5.27. The number of anilines is 1. The maximum absolute atomic E-state index is 5.27. The predicted molar refractivity (Wildman–Crippen MR) is 70.0 cm³/mol. The minimum absolute atomic E-state index is 0.772. The molecule has 0 aliphatic carbocycles. The molecule has 0 heterocycles. The average Bonchev–Trinajstić information content (AvgIpc) is 2.33. The van der Waals surface area contributed by atoms with Gasteiger partial charge in [-0.1, -0.05) is 25.5 Å². The van der Waals surface area contributed by atoms with Gasteiger partial charge < -0.3 is 10.1 Å². The SMILES string of the molecule is CCCCc1ccc(NCCOCC)cc1. The molecular weight excluding hydrogens is 198 g/mol. The third-order valence-corrected chi connectivity index (χ3v) is 2.55. The maximum atomic E-state index is 5.27. The number of aryl methyl sites for hydroxylation is 1. The van der Waals surface area contributed by atoms with E-state index in [1.165, 1.54) is 30.5 Å². The van der Waals surface area contributed by atoms with Crippen LogP contribution in [0.2, 0.25) is 0 Å². The Kier molecular flexibility index (Phi) is 6.66. The third kappa shape index (κ3) is 5.17. The first-order chi connectivity index (χ1) is 7.86. The first-order valence-electron chi connectivity index (χ1n) is 6.27. The van der Waals surface area contributed by atoms with E-state index in [1.54, 1.807) is 0 Å². The van der Waals surface area contributed by atoms with E-state index in [9.17, 15) is 0 Å². The molecule has 90 valence electrons. The lowest BCUT2D eigenvalue weighted by Gasteiger charge is -2.07. The smallest absolute Gasteiger partial charge is 0.0638 e. The highest BCUT2D eigenvalue weighted by atomic mass is 16.5. The molecule has 0 atom stereocenters. The van der Waals surface area contributed by atoms with E-state index in [0.717, 1.165) is 19.8 Å². The van der Waals surface area contributed by atoms with Crippen LogP contribution in [-0.2, 0) is 11.2 Å². The number of rotatable bonds is 8. The Bertz CT molecular complexity index is 269. The quantitative estimate of drug-likeness (QED) is 0.679. The van der Waals surface area contributed by atoms with Crippen molar-refractivity contribution < 1.29 is 4.74 Å². The van der Waals surface area contributed by atoms with Gasteiger partial charge in [0.1, 0.15) is 0 Å². The second-order valence-electron chi connectivity index (χ2n) is 3.92. The molecule has 0 radical (unpaired) electrons. The number of hydrogen-bond donors (Lipinski definition) is 1. The zero-order chi connectivity index (χ0) is 11.6. The van der Waals surface area contributed by atoms with Crippen LogP contribution in [0.5, 0.6) is 0 Å². The van der Waals surface area contributed by atoms with Gasteiger partial charge in [-0.3, -0.25) is 0 Å². The Morgan fingerprint density at radius 3 is 2.50 bits per heavy atom. The molecule has 0 fully saturated rings. The van der Waals surface area contributed by atoms with Crippen LogP contribution in [-0.4, -0.2) is 19.8 Å². The van der Waals surface area contributed by atoms with Crippen LogP contribution >= 0.6 is 0 Å². The van der Waals surface area contributed by atoms with E-state index in [0.29, 0.717) is 0 Å². The zero-order valence-corrected chi connectivity index (χ0v) is 10.5. The Balaban J connectivity index is 2.27. The lowest BCUT2D eigenvalue weighted by molar-refractivity contribution is 0.158. The second kappa shape index (κ2) is 8.17. The molecule has 2 nitrogen and oxygen atoms in total. The number of ether oxygens (including phenoxy) is 1. The van der Waals surface area contributed by atoms with E-state index >= 15 is 0 Å². The molecule has 1 aromatic carbocycles. The summed E-state index contributed by atoms with van der Waals surface area (Å²) >= 11 is 0. The monoisotopic (exact) mass is 221 g/mol. The summed E-state index contributed by atoms with van der Waals surface area (Å²) in [6, 6.07) is 8.71. The lowest BCUT2D eigenvalue weighted by Crippen LogP contribution is -2.08. The summed E-state index contributed by atoms with van der Waals surface area (Å²) in [7, 11) is 0. The van der Waals surface area contributed by atoms with Crippen molar-refractivity contribution in [3.8, 4) is 0 Å². The van der Waals surface area contributed by atoms with E-state index in [2.05, 4.69) is 36.5 Å². The van der Waals surface area contributed by atoms with Crippen LogP contribution < -0.4 is 5.32 Å². The molecule has 0 unspecified atom stereocenters. The summed E-state index contributed by atoms with van der Waals surface area (Å²) in [5, 5.41) is 3.34. The van der Waals surface area contributed by atoms with Crippen LogP contribution in [0, 0.1) is 0 Å². The van der Waals surface area contributed by atoms with Gasteiger partial charge in [-0.2, -0.15) is 0 Å². The molecule has 1 rings (SSSR count). The van der Waals surface area contributed by atoms with Gasteiger partial charge in [0, 0.05) is 18.8 Å². The zero-order valence-electron chi connectivity index (χ0n) is 10.5. The number of hydrogen-bond acceptors (Lipinski definition) is 2. The van der Waals surface area contributed by atoms with Crippen molar-refractivity contribution >= 4 is 5.69 Å². The van der Waals surface area contributed by atoms with E-state index in [1.807, 2.05) is 6.92 Å².